The Hall–Kier alpha value is -2.80. The highest BCUT2D eigenvalue weighted by Gasteiger charge is 2.52. The zero-order valence-electron chi connectivity index (χ0n) is 14.2. The number of amides is 2. The Morgan fingerprint density at radius 2 is 1.77 bits per heavy atom. The number of ether oxygens (including phenoxy) is 2. The van der Waals surface area contributed by atoms with Gasteiger partial charge in [0.2, 0.25) is 18.6 Å². The molecule has 3 aliphatic heterocycles. The molecule has 2 atom stereocenters. The molecule has 0 bridgehead atoms. The smallest absolute Gasteiger partial charge is 0.234 e. The number of carbonyl (C=O) groups is 2. The number of carbonyl (C=O) groups excluding carboxylic acids is 2. The molecule has 0 unspecified atom stereocenters. The fourth-order valence-electron chi connectivity index (χ4n) is 4.11. The van der Waals surface area contributed by atoms with E-state index in [0.29, 0.717) is 24.6 Å². The van der Waals surface area contributed by atoms with E-state index in [0.717, 1.165) is 17.8 Å². The summed E-state index contributed by atoms with van der Waals surface area (Å²) in [5.74, 6) is 0.778. The van der Waals surface area contributed by atoms with Crippen LogP contribution in [0.1, 0.15) is 11.3 Å². The summed E-state index contributed by atoms with van der Waals surface area (Å²) in [4.78, 5) is 32.3. The van der Waals surface area contributed by atoms with Crippen molar-refractivity contribution in [3.63, 3.8) is 0 Å². The Morgan fingerprint density at radius 3 is 2.50 bits per heavy atom. The van der Waals surface area contributed by atoms with Crippen LogP contribution in [0.2, 0.25) is 0 Å². The molecule has 0 aliphatic carbocycles. The lowest BCUT2D eigenvalue weighted by molar-refractivity contribution is -0.141. The molecule has 0 saturated carbocycles. The van der Waals surface area contributed by atoms with Gasteiger partial charge in [-0.05, 0) is 29.8 Å². The number of nitrogens with one attached hydrogen (secondary N) is 1. The van der Waals surface area contributed by atoms with E-state index in [2.05, 4.69) is 9.88 Å². The lowest BCUT2D eigenvalue weighted by Gasteiger charge is -2.20. The van der Waals surface area contributed by atoms with Gasteiger partial charge < -0.3 is 14.5 Å². The highest BCUT2D eigenvalue weighted by molar-refractivity contribution is 6.05. The zero-order valence-corrected chi connectivity index (χ0v) is 14.2. The quantitative estimate of drug-likeness (QED) is 0.840. The van der Waals surface area contributed by atoms with Crippen LogP contribution in [0.4, 0.5) is 0 Å². The van der Waals surface area contributed by atoms with E-state index in [9.17, 15) is 9.59 Å². The minimum Gasteiger partial charge on any atom is -0.454 e. The average molecular weight is 353 g/mol. The van der Waals surface area contributed by atoms with Crippen LogP contribution in [0.5, 0.6) is 11.5 Å². The van der Waals surface area contributed by atoms with Crippen molar-refractivity contribution in [1.82, 2.24) is 14.8 Å². The number of H-pyrrole nitrogens is 1. The van der Waals surface area contributed by atoms with E-state index in [1.165, 1.54) is 4.90 Å². The van der Waals surface area contributed by atoms with Crippen LogP contribution < -0.4 is 9.47 Å². The van der Waals surface area contributed by atoms with Crippen molar-refractivity contribution >= 4 is 11.8 Å². The van der Waals surface area contributed by atoms with Crippen LogP contribution >= 0.6 is 0 Å². The fourth-order valence-corrected chi connectivity index (χ4v) is 4.11. The number of hydrogen-bond acceptors (Lipinski definition) is 5. The van der Waals surface area contributed by atoms with Gasteiger partial charge in [0, 0.05) is 31.5 Å². The molecule has 3 aliphatic rings. The molecule has 0 spiro atoms. The van der Waals surface area contributed by atoms with Crippen LogP contribution in [0.15, 0.2) is 36.5 Å². The topological polar surface area (TPSA) is 74.9 Å². The number of benzene rings is 1. The minimum absolute atomic E-state index is 0.0633. The third kappa shape index (κ3) is 2.47. The lowest BCUT2D eigenvalue weighted by atomic mass is 10.00. The standard InChI is InChI=1S/C19H19N3O4/c23-18-14-9-21(8-13-2-1-5-20-13)10-15(14)19(24)22(18)7-12-3-4-16-17(6-12)26-11-25-16/h1-6,14-15,20H,7-11H2/t14-,15+. The van der Waals surface area contributed by atoms with E-state index in [1.54, 1.807) is 0 Å². The van der Waals surface area contributed by atoms with Gasteiger partial charge in [0.25, 0.3) is 0 Å². The molecule has 7 heteroatoms. The first-order chi connectivity index (χ1) is 12.7. The molecule has 2 aromatic rings. The third-order valence-corrected chi connectivity index (χ3v) is 5.40. The molecule has 26 heavy (non-hydrogen) atoms. The second-order valence-electron chi connectivity index (χ2n) is 7.05. The van der Waals surface area contributed by atoms with Crippen LogP contribution in [-0.2, 0) is 22.7 Å². The van der Waals surface area contributed by atoms with E-state index >= 15 is 0 Å². The summed E-state index contributed by atoms with van der Waals surface area (Å²) in [6.45, 7) is 2.50. The summed E-state index contributed by atoms with van der Waals surface area (Å²) in [7, 11) is 0. The maximum atomic E-state index is 12.8. The molecule has 5 rings (SSSR count). The van der Waals surface area contributed by atoms with Crippen molar-refractivity contribution in [1.29, 1.82) is 0 Å². The zero-order chi connectivity index (χ0) is 17.7. The number of aromatic amines is 1. The van der Waals surface area contributed by atoms with Gasteiger partial charge in [-0.1, -0.05) is 6.07 Å². The summed E-state index contributed by atoms with van der Waals surface area (Å²) in [5, 5.41) is 0. The molecule has 1 aromatic carbocycles. The van der Waals surface area contributed by atoms with Crippen molar-refractivity contribution in [2.75, 3.05) is 19.9 Å². The van der Waals surface area contributed by atoms with E-state index in [4.69, 9.17) is 9.47 Å². The van der Waals surface area contributed by atoms with Gasteiger partial charge in [0.1, 0.15) is 0 Å². The Balaban J connectivity index is 1.28. The summed E-state index contributed by atoms with van der Waals surface area (Å²) >= 11 is 0. The van der Waals surface area contributed by atoms with Gasteiger partial charge in [-0.2, -0.15) is 0 Å². The molecule has 7 nitrogen and oxygen atoms in total. The Labute approximate surface area is 150 Å². The monoisotopic (exact) mass is 353 g/mol. The molecular formula is C19H19N3O4. The van der Waals surface area contributed by atoms with Gasteiger partial charge in [-0.25, -0.2) is 0 Å². The average Bonchev–Trinajstić information content (AvgIpc) is 3.40. The fraction of sp³-hybridized carbons (Fsp3) is 0.368. The van der Waals surface area contributed by atoms with E-state index < -0.39 is 0 Å². The van der Waals surface area contributed by atoms with Gasteiger partial charge in [0.05, 0.1) is 18.4 Å². The van der Waals surface area contributed by atoms with Crippen molar-refractivity contribution in [3.8, 4) is 11.5 Å². The van der Waals surface area contributed by atoms with Crippen LogP contribution in [0.25, 0.3) is 0 Å². The summed E-state index contributed by atoms with van der Waals surface area (Å²) in [6.07, 6.45) is 1.88. The molecule has 4 heterocycles. The van der Waals surface area contributed by atoms with Crippen LogP contribution in [-0.4, -0.2) is 46.5 Å². The van der Waals surface area contributed by atoms with Crippen molar-refractivity contribution in [3.05, 3.63) is 47.8 Å². The number of fused-ring (bicyclic) bond motifs is 2. The molecule has 0 radical (unpaired) electrons. The summed E-state index contributed by atoms with van der Waals surface area (Å²) in [6, 6.07) is 9.51. The summed E-state index contributed by atoms with van der Waals surface area (Å²) < 4.78 is 10.7. The predicted molar refractivity (Wildman–Crippen MR) is 91.2 cm³/mol. The predicted octanol–water partition coefficient (Wildman–Crippen LogP) is 1.36. The third-order valence-electron chi connectivity index (χ3n) is 5.40. The minimum atomic E-state index is -0.230. The number of aromatic nitrogens is 1. The SMILES string of the molecule is O=C1[C@H]2CN(Cc3ccc[nH]3)C[C@H]2C(=O)N1Cc1ccc2c(c1)OCO2. The number of likely N-dealkylation sites (tertiary alicyclic amines) is 2. The molecule has 2 fully saturated rings. The molecule has 1 aromatic heterocycles. The van der Waals surface area contributed by atoms with Crippen molar-refractivity contribution < 1.29 is 19.1 Å². The first kappa shape index (κ1) is 15.5. The van der Waals surface area contributed by atoms with Gasteiger partial charge in [-0.15, -0.1) is 0 Å². The highest BCUT2D eigenvalue weighted by atomic mass is 16.7. The van der Waals surface area contributed by atoms with Crippen LogP contribution in [0.3, 0.4) is 0 Å². The van der Waals surface area contributed by atoms with Crippen molar-refractivity contribution in [2.24, 2.45) is 11.8 Å². The maximum Gasteiger partial charge on any atom is 0.234 e. The van der Waals surface area contributed by atoms with Crippen LogP contribution in [0, 0.1) is 11.8 Å². The Bertz CT molecular complexity index is 840. The van der Waals surface area contributed by atoms with Gasteiger partial charge in [0.15, 0.2) is 11.5 Å². The maximum absolute atomic E-state index is 12.8. The Kier molecular flexibility index (Phi) is 3.49. The second-order valence-corrected chi connectivity index (χ2v) is 7.05. The van der Waals surface area contributed by atoms with Gasteiger partial charge >= 0.3 is 0 Å². The molecule has 2 amide bonds. The molecule has 2 saturated heterocycles. The number of rotatable bonds is 4. The largest absolute Gasteiger partial charge is 0.454 e. The Morgan fingerprint density at radius 1 is 1.00 bits per heavy atom. The number of nitrogens with zero attached hydrogens (tertiary/aromatic N) is 2. The molecular weight excluding hydrogens is 334 g/mol. The lowest BCUT2D eigenvalue weighted by Crippen LogP contribution is -2.35. The molecule has 1 N–H and O–H groups in total. The highest BCUT2D eigenvalue weighted by Crippen LogP contribution is 2.36. The number of imide groups is 1. The van der Waals surface area contributed by atoms with E-state index in [-0.39, 0.29) is 37.0 Å². The first-order valence-electron chi connectivity index (χ1n) is 8.77. The molecule has 134 valence electrons. The first-order valence-corrected chi connectivity index (χ1v) is 8.77. The van der Waals surface area contributed by atoms with Crippen molar-refractivity contribution in [2.45, 2.75) is 13.1 Å². The summed E-state index contributed by atoms with van der Waals surface area (Å²) in [5.41, 5.74) is 1.97. The second kappa shape index (κ2) is 5.88. The van der Waals surface area contributed by atoms with Gasteiger partial charge in [-0.3, -0.25) is 19.4 Å². The normalized spacial score (nSPS) is 24.5. The van der Waals surface area contributed by atoms with E-state index in [1.807, 2.05) is 36.5 Å². The number of hydrogen-bond donors (Lipinski definition) is 1.